The number of nitrogens with zero attached hydrogens (tertiary/aromatic N) is 2. The van der Waals surface area contributed by atoms with Gasteiger partial charge in [0.2, 0.25) is 5.91 Å². The molecule has 1 N–H and O–H groups in total. The number of aromatic nitrogens is 2. The lowest BCUT2D eigenvalue weighted by Gasteiger charge is -2.17. The van der Waals surface area contributed by atoms with E-state index in [4.69, 9.17) is 0 Å². The summed E-state index contributed by atoms with van der Waals surface area (Å²) in [6.45, 7) is 5.02. The van der Waals surface area contributed by atoms with Crippen LogP contribution in [0, 0.1) is 0 Å². The molecule has 6 heteroatoms. The van der Waals surface area contributed by atoms with Crippen LogP contribution in [0.4, 0.5) is 5.82 Å². The molecule has 0 saturated heterocycles. The largest absolute Gasteiger partial charge is 0.332 e. The highest BCUT2D eigenvalue weighted by atomic mass is 16.2. The maximum absolute atomic E-state index is 12.0. The topological polar surface area (TPSA) is 73.1 Å². The lowest BCUT2D eigenvalue weighted by molar-refractivity contribution is -0.114. The molecule has 0 spiro atoms. The minimum absolute atomic E-state index is 0.0812. The van der Waals surface area contributed by atoms with E-state index in [0.29, 0.717) is 5.56 Å². The summed E-state index contributed by atoms with van der Waals surface area (Å²) in [6.07, 6.45) is 0. The van der Waals surface area contributed by atoms with E-state index in [2.05, 4.69) is 5.32 Å². The van der Waals surface area contributed by atoms with E-state index in [1.54, 1.807) is 0 Å². The Kier molecular flexibility index (Phi) is 3.55. The first kappa shape index (κ1) is 13.2. The zero-order valence-electron chi connectivity index (χ0n) is 10.7. The molecule has 0 aliphatic carbocycles. The van der Waals surface area contributed by atoms with E-state index in [9.17, 15) is 14.4 Å². The molecule has 0 aliphatic rings. The Labute approximate surface area is 98.9 Å². The van der Waals surface area contributed by atoms with Crippen molar-refractivity contribution < 1.29 is 4.79 Å². The maximum atomic E-state index is 12.0. The van der Waals surface area contributed by atoms with E-state index in [1.807, 2.05) is 13.8 Å². The van der Waals surface area contributed by atoms with Crippen molar-refractivity contribution >= 4 is 11.7 Å². The summed E-state index contributed by atoms with van der Waals surface area (Å²) in [4.78, 5) is 34.8. The smallest absolute Gasteiger partial charge is 0.312 e. The number of nitrogens with one attached hydrogen (secondary N) is 1. The van der Waals surface area contributed by atoms with Crippen LogP contribution in [0.15, 0.2) is 9.59 Å². The molecule has 17 heavy (non-hydrogen) atoms. The third kappa shape index (κ3) is 2.30. The quantitative estimate of drug-likeness (QED) is 0.799. The zero-order valence-corrected chi connectivity index (χ0v) is 10.7. The molecule has 1 heterocycles. The molecule has 6 nitrogen and oxygen atoms in total. The summed E-state index contributed by atoms with van der Waals surface area (Å²) in [5.74, 6) is -0.113. The standard InChI is InChI=1S/C11H17N3O3/c1-6(2)8-9(12-7(3)15)13(4)11(17)14(5)10(8)16/h6H,1-5H3,(H,12,15). The van der Waals surface area contributed by atoms with Crippen molar-refractivity contribution in [3.63, 3.8) is 0 Å². The normalized spacial score (nSPS) is 10.7. The van der Waals surface area contributed by atoms with Gasteiger partial charge in [-0.25, -0.2) is 4.79 Å². The third-order valence-corrected chi connectivity index (χ3v) is 2.57. The van der Waals surface area contributed by atoms with E-state index < -0.39 is 5.69 Å². The molecule has 1 rings (SSSR count). The third-order valence-electron chi connectivity index (χ3n) is 2.57. The van der Waals surface area contributed by atoms with Crippen LogP contribution in [0.3, 0.4) is 0 Å². The molecule has 0 fully saturated rings. The van der Waals surface area contributed by atoms with E-state index in [0.717, 1.165) is 4.57 Å². The summed E-state index contributed by atoms with van der Waals surface area (Å²) >= 11 is 0. The predicted octanol–water partition coefficient (Wildman–Crippen LogP) is 0.166. The Morgan fingerprint density at radius 1 is 1.18 bits per heavy atom. The molecule has 0 aliphatic heterocycles. The predicted molar refractivity (Wildman–Crippen MR) is 65.3 cm³/mol. The van der Waals surface area contributed by atoms with E-state index in [1.165, 1.54) is 25.6 Å². The summed E-state index contributed by atoms with van der Waals surface area (Å²) in [5, 5.41) is 2.54. The SMILES string of the molecule is CC(=O)Nc1c(C(C)C)c(=O)n(C)c(=O)n1C. The van der Waals surface area contributed by atoms with Crippen LogP contribution in [0.2, 0.25) is 0 Å². The Balaban J connectivity index is 3.72. The van der Waals surface area contributed by atoms with Gasteiger partial charge in [-0.05, 0) is 5.92 Å². The van der Waals surface area contributed by atoms with Gasteiger partial charge in [-0.15, -0.1) is 0 Å². The monoisotopic (exact) mass is 239 g/mol. The fourth-order valence-electron chi connectivity index (χ4n) is 1.71. The average molecular weight is 239 g/mol. The van der Waals surface area contributed by atoms with Crippen molar-refractivity contribution in [3.05, 3.63) is 26.4 Å². The van der Waals surface area contributed by atoms with Crippen LogP contribution >= 0.6 is 0 Å². The van der Waals surface area contributed by atoms with Gasteiger partial charge in [-0.2, -0.15) is 0 Å². The molecule has 1 amide bonds. The first-order valence-corrected chi connectivity index (χ1v) is 5.34. The Morgan fingerprint density at radius 2 is 1.71 bits per heavy atom. The number of anilines is 1. The van der Waals surface area contributed by atoms with Crippen LogP contribution < -0.4 is 16.6 Å². The minimum atomic E-state index is -0.455. The first-order valence-electron chi connectivity index (χ1n) is 5.34. The number of carbonyl (C=O) groups excluding carboxylic acids is 1. The van der Waals surface area contributed by atoms with Gasteiger partial charge in [0, 0.05) is 21.0 Å². The molecule has 0 unspecified atom stereocenters. The number of amides is 1. The fourth-order valence-corrected chi connectivity index (χ4v) is 1.71. The second kappa shape index (κ2) is 4.57. The Bertz CT molecular complexity index is 567. The molecule has 1 aromatic heterocycles. The molecule has 1 aromatic rings. The highest BCUT2D eigenvalue weighted by Crippen LogP contribution is 2.18. The minimum Gasteiger partial charge on any atom is -0.312 e. The molecule has 94 valence electrons. The van der Waals surface area contributed by atoms with Crippen molar-refractivity contribution in [1.82, 2.24) is 9.13 Å². The highest BCUT2D eigenvalue weighted by molar-refractivity contribution is 5.88. The van der Waals surface area contributed by atoms with Crippen LogP contribution in [0.5, 0.6) is 0 Å². The van der Waals surface area contributed by atoms with Gasteiger partial charge in [-0.1, -0.05) is 13.8 Å². The summed E-state index contributed by atoms with van der Waals surface area (Å²) in [6, 6.07) is 0. The lowest BCUT2D eigenvalue weighted by Crippen LogP contribution is -2.41. The molecule has 0 radical (unpaired) electrons. The number of carbonyl (C=O) groups is 1. The Hall–Kier alpha value is -1.85. The molecule has 0 aromatic carbocycles. The Morgan fingerprint density at radius 3 is 2.12 bits per heavy atom. The van der Waals surface area contributed by atoms with Crippen molar-refractivity contribution in [2.45, 2.75) is 26.7 Å². The first-order chi connectivity index (χ1) is 7.77. The number of hydrogen-bond acceptors (Lipinski definition) is 3. The molecule has 0 atom stereocenters. The number of hydrogen-bond donors (Lipinski definition) is 1. The zero-order chi connectivity index (χ0) is 13.3. The maximum Gasteiger partial charge on any atom is 0.332 e. The van der Waals surface area contributed by atoms with Gasteiger partial charge in [0.25, 0.3) is 5.56 Å². The van der Waals surface area contributed by atoms with Crippen molar-refractivity contribution in [2.24, 2.45) is 14.1 Å². The molecule has 0 saturated carbocycles. The lowest BCUT2D eigenvalue weighted by atomic mass is 10.1. The van der Waals surface area contributed by atoms with Crippen molar-refractivity contribution in [1.29, 1.82) is 0 Å². The van der Waals surface area contributed by atoms with Gasteiger partial charge >= 0.3 is 5.69 Å². The molecular weight excluding hydrogens is 222 g/mol. The second-order valence-corrected chi connectivity index (χ2v) is 4.30. The highest BCUT2D eigenvalue weighted by Gasteiger charge is 2.18. The van der Waals surface area contributed by atoms with E-state index >= 15 is 0 Å². The molecular formula is C11H17N3O3. The fraction of sp³-hybridized carbons (Fsp3) is 0.545. The molecule has 0 bridgehead atoms. The van der Waals surface area contributed by atoms with Crippen LogP contribution in [-0.2, 0) is 18.9 Å². The van der Waals surface area contributed by atoms with Gasteiger partial charge in [0.15, 0.2) is 0 Å². The van der Waals surface area contributed by atoms with Gasteiger partial charge in [-0.3, -0.25) is 18.7 Å². The van der Waals surface area contributed by atoms with Crippen molar-refractivity contribution in [2.75, 3.05) is 5.32 Å². The summed E-state index contributed by atoms with van der Waals surface area (Å²) < 4.78 is 2.32. The number of rotatable bonds is 2. The van der Waals surface area contributed by atoms with Gasteiger partial charge in [0.05, 0.1) is 5.56 Å². The average Bonchev–Trinajstić information content (AvgIpc) is 2.22. The van der Waals surface area contributed by atoms with E-state index in [-0.39, 0.29) is 23.2 Å². The van der Waals surface area contributed by atoms with Crippen LogP contribution in [0.1, 0.15) is 32.3 Å². The summed E-state index contributed by atoms with van der Waals surface area (Å²) in [5.41, 5.74) is -0.389. The van der Waals surface area contributed by atoms with Crippen LogP contribution in [0.25, 0.3) is 0 Å². The van der Waals surface area contributed by atoms with Gasteiger partial charge in [0.1, 0.15) is 5.82 Å². The summed E-state index contributed by atoms with van der Waals surface area (Å²) in [7, 11) is 2.95. The van der Waals surface area contributed by atoms with Gasteiger partial charge < -0.3 is 5.32 Å². The van der Waals surface area contributed by atoms with Crippen LogP contribution in [-0.4, -0.2) is 15.0 Å². The second-order valence-electron chi connectivity index (χ2n) is 4.30. The van der Waals surface area contributed by atoms with Crippen molar-refractivity contribution in [3.8, 4) is 0 Å².